The van der Waals surface area contributed by atoms with Crippen molar-refractivity contribution in [2.24, 2.45) is 5.73 Å². The van der Waals surface area contributed by atoms with Crippen molar-refractivity contribution in [1.82, 2.24) is 5.32 Å². The van der Waals surface area contributed by atoms with Crippen LogP contribution in [0.3, 0.4) is 0 Å². The molecule has 0 aliphatic carbocycles. The Labute approximate surface area is 154 Å². The van der Waals surface area contributed by atoms with Gasteiger partial charge < -0.3 is 16.2 Å². The van der Waals surface area contributed by atoms with Crippen LogP contribution in [0.4, 0.5) is 4.39 Å². The minimum atomic E-state index is -0.565. The van der Waals surface area contributed by atoms with E-state index in [0.29, 0.717) is 22.8 Å². The lowest BCUT2D eigenvalue weighted by Crippen LogP contribution is -2.20. The molecule has 24 heavy (non-hydrogen) atoms. The maximum atomic E-state index is 14.6. The Morgan fingerprint density at radius 2 is 2.04 bits per heavy atom. The predicted octanol–water partition coefficient (Wildman–Crippen LogP) is 4.07. The fraction of sp³-hybridized carbons (Fsp3) is 0.611. The molecule has 0 spiro atoms. The van der Waals surface area contributed by atoms with Crippen molar-refractivity contribution in [3.05, 3.63) is 34.6 Å². The first kappa shape index (κ1) is 21.4. The van der Waals surface area contributed by atoms with Crippen molar-refractivity contribution in [3.8, 4) is 0 Å². The van der Waals surface area contributed by atoms with Crippen molar-refractivity contribution in [1.29, 1.82) is 0 Å². The van der Waals surface area contributed by atoms with E-state index < -0.39 is 6.04 Å². The number of rotatable bonds is 10. The normalized spacial score (nSPS) is 12.2. The van der Waals surface area contributed by atoms with Gasteiger partial charge in [0.2, 0.25) is 0 Å². The van der Waals surface area contributed by atoms with Gasteiger partial charge in [0, 0.05) is 6.54 Å². The molecular formula is C18H29FN2OS2. The molecule has 0 amide bonds. The Morgan fingerprint density at radius 3 is 2.67 bits per heavy atom. The molecule has 3 nitrogen and oxygen atoms in total. The molecule has 0 fully saturated rings. The molecule has 0 heterocycles. The van der Waals surface area contributed by atoms with Gasteiger partial charge in [-0.15, -0.1) is 11.8 Å². The standard InChI is InChI=1S/C18H29FN2OS2/c1-3-4-5-6-7-8-15-14(11-21-18(23)24-2)9-13(10-16(15)19)17(20)12-22/h9-10,17,22H,3-8,11-12,20H2,1-2H3,(H,21,23)/t17-/m0/s1. The smallest absolute Gasteiger partial charge is 0.133 e. The number of nitrogens with two attached hydrogens (primary N) is 1. The van der Waals surface area contributed by atoms with E-state index in [9.17, 15) is 9.50 Å². The van der Waals surface area contributed by atoms with E-state index in [1.807, 2.05) is 12.3 Å². The number of thiocarbonyl (C=S) groups is 1. The second-order valence-electron chi connectivity index (χ2n) is 5.94. The largest absolute Gasteiger partial charge is 0.394 e. The van der Waals surface area contributed by atoms with Gasteiger partial charge in [0.05, 0.1) is 12.6 Å². The quantitative estimate of drug-likeness (QED) is 0.427. The summed E-state index contributed by atoms with van der Waals surface area (Å²) >= 11 is 6.62. The molecule has 0 aromatic heterocycles. The highest BCUT2D eigenvalue weighted by Crippen LogP contribution is 2.23. The van der Waals surface area contributed by atoms with Crippen LogP contribution in [0.15, 0.2) is 12.1 Å². The number of halogens is 1. The molecule has 1 aromatic carbocycles. The van der Waals surface area contributed by atoms with E-state index in [-0.39, 0.29) is 12.4 Å². The Morgan fingerprint density at radius 1 is 1.33 bits per heavy atom. The number of benzene rings is 1. The Hall–Kier alpha value is -0.690. The second kappa shape index (κ2) is 11.8. The molecule has 6 heteroatoms. The van der Waals surface area contributed by atoms with E-state index >= 15 is 0 Å². The third kappa shape index (κ3) is 7.05. The van der Waals surface area contributed by atoms with Crippen LogP contribution in [0.5, 0.6) is 0 Å². The lowest BCUT2D eigenvalue weighted by Gasteiger charge is -2.17. The number of thioether (sulfide) groups is 1. The van der Waals surface area contributed by atoms with E-state index in [1.165, 1.54) is 37.1 Å². The topological polar surface area (TPSA) is 58.3 Å². The SMILES string of the molecule is CCCCCCCc1c(F)cc([C@@H](N)CO)cc1CNC(=S)SC. The summed E-state index contributed by atoms with van der Waals surface area (Å²) in [7, 11) is 0. The van der Waals surface area contributed by atoms with E-state index in [0.717, 1.165) is 24.0 Å². The Bertz CT molecular complexity index is 526. The number of unbranched alkanes of at least 4 members (excludes halogenated alkanes) is 4. The first-order valence-corrected chi connectivity index (χ1v) is 10.2. The molecule has 0 bridgehead atoms. The molecule has 0 aliphatic heterocycles. The number of nitrogens with one attached hydrogen (secondary N) is 1. The molecule has 0 saturated carbocycles. The van der Waals surface area contributed by atoms with Gasteiger partial charge in [0.1, 0.15) is 10.1 Å². The van der Waals surface area contributed by atoms with Crippen LogP contribution in [0.1, 0.15) is 61.8 Å². The van der Waals surface area contributed by atoms with Gasteiger partial charge in [-0.1, -0.05) is 50.9 Å². The van der Waals surface area contributed by atoms with Crippen molar-refractivity contribution in [3.63, 3.8) is 0 Å². The first-order valence-electron chi connectivity index (χ1n) is 8.52. The lowest BCUT2D eigenvalue weighted by molar-refractivity contribution is 0.267. The fourth-order valence-corrected chi connectivity index (χ4v) is 2.91. The van der Waals surface area contributed by atoms with Crippen molar-refractivity contribution < 1.29 is 9.50 Å². The predicted molar refractivity (Wildman–Crippen MR) is 106 cm³/mol. The summed E-state index contributed by atoms with van der Waals surface area (Å²) in [6.07, 6.45) is 8.32. The molecule has 0 saturated heterocycles. The highest BCUT2D eigenvalue weighted by Gasteiger charge is 2.14. The summed E-state index contributed by atoms with van der Waals surface area (Å²) < 4.78 is 15.3. The highest BCUT2D eigenvalue weighted by atomic mass is 32.2. The summed E-state index contributed by atoms with van der Waals surface area (Å²) in [5.74, 6) is -0.237. The minimum Gasteiger partial charge on any atom is -0.394 e. The van der Waals surface area contributed by atoms with Crippen LogP contribution in [-0.2, 0) is 13.0 Å². The number of hydrogen-bond acceptors (Lipinski definition) is 4. The van der Waals surface area contributed by atoms with E-state index in [4.69, 9.17) is 18.0 Å². The maximum absolute atomic E-state index is 14.6. The zero-order valence-electron chi connectivity index (χ0n) is 14.6. The monoisotopic (exact) mass is 372 g/mol. The van der Waals surface area contributed by atoms with Crippen molar-refractivity contribution in [2.75, 3.05) is 12.9 Å². The van der Waals surface area contributed by atoms with Crippen molar-refractivity contribution >= 4 is 28.3 Å². The van der Waals surface area contributed by atoms with Gasteiger partial charge in [-0.3, -0.25) is 0 Å². The summed E-state index contributed by atoms with van der Waals surface area (Å²) in [6.45, 7) is 2.46. The third-order valence-electron chi connectivity index (χ3n) is 4.07. The number of aliphatic hydroxyl groups is 1. The van der Waals surface area contributed by atoms with Crippen LogP contribution in [0, 0.1) is 5.82 Å². The fourth-order valence-electron chi connectivity index (χ4n) is 2.62. The van der Waals surface area contributed by atoms with Gasteiger partial charge in [-0.2, -0.15) is 0 Å². The Balaban J connectivity index is 2.89. The Kier molecular flexibility index (Phi) is 10.5. The molecule has 0 radical (unpaired) electrons. The van der Waals surface area contributed by atoms with Gasteiger partial charge >= 0.3 is 0 Å². The molecule has 0 aliphatic rings. The number of aliphatic hydroxyl groups excluding tert-OH is 1. The van der Waals surface area contributed by atoms with Gasteiger partial charge in [-0.25, -0.2) is 4.39 Å². The molecule has 1 aromatic rings. The van der Waals surface area contributed by atoms with Gasteiger partial charge in [-0.05, 0) is 41.9 Å². The third-order valence-corrected chi connectivity index (χ3v) is 5.23. The molecule has 4 N–H and O–H groups in total. The summed E-state index contributed by atoms with van der Waals surface area (Å²) in [6, 6.07) is 2.78. The highest BCUT2D eigenvalue weighted by molar-refractivity contribution is 8.22. The van der Waals surface area contributed by atoms with E-state index in [2.05, 4.69) is 12.2 Å². The average molecular weight is 373 g/mol. The average Bonchev–Trinajstić information content (AvgIpc) is 2.59. The van der Waals surface area contributed by atoms with Crippen molar-refractivity contribution in [2.45, 2.75) is 58.0 Å². The summed E-state index contributed by atoms with van der Waals surface area (Å²) in [4.78, 5) is 0. The summed E-state index contributed by atoms with van der Waals surface area (Å²) in [5.41, 5.74) is 8.08. The second-order valence-corrected chi connectivity index (χ2v) is 7.42. The van der Waals surface area contributed by atoms with Gasteiger partial charge in [0.25, 0.3) is 0 Å². The first-order chi connectivity index (χ1) is 11.5. The van der Waals surface area contributed by atoms with Crippen LogP contribution in [-0.4, -0.2) is 22.3 Å². The maximum Gasteiger partial charge on any atom is 0.133 e. The number of hydrogen-bond donors (Lipinski definition) is 3. The van der Waals surface area contributed by atoms with E-state index in [1.54, 1.807) is 0 Å². The molecule has 1 atom stereocenters. The lowest BCUT2D eigenvalue weighted by atomic mass is 9.95. The summed E-state index contributed by atoms with van der Waals surface area (Å²) in [5, 5.41) is 12.4. The van der Waals surface area contributed by atoms with Crippen LogP contribution in [0.2, 0.25) is 0 Å². The zero-order chi connectivity index (χ0) is 17.9. The zero-order valence-corrected chi connectivity index (χ0v) is 16.2. The van der Waals surface area contributed by atoms with Crippen LogP contribution < -0.4 is 11.1 Å². The minimum absolute atomic E-state index is 0.202. The molecular weight excluding hydrogens is 343 g/mol. The molecule has 0 unspecified atom stereocenters. The molecule has 136 valence electrons. The van der Waals surface area contributed by atoms with Crippen LogP contribution >= 0.6 is 24.0 Å². The molecule has 1 rings (SSSR count). The van der Waals surface area contributed by atoms with Gasteiger partial charge in [0.15, 0.2) is 0 Å². The van der Waals surface area contributed by atoms with Crippen LogP contribution in [0.25, 0.3) is 0 Å².